The predicted molar refractivity (Wildman–Crippen MR) is 81.5 cm³/mol. The van der Waals surface area contributed by atoms with Crippen LogP contribution in [0.15, 0.2) is 24.3 Å². The number of aryl methyl sites for hydroxylation is 1. The highest BCUT2D eigenvalue weighted by Gasteiger charge is 2.18. The van der Waals surface area contributed by atoms with Crippen LogP contribution >= 0.6 is 0 Å². The normalized spacial score (nSPS) is 12.2. The van der Waals surface area contributed by atoms with Gasteiger partial charge < -0.3 is 10.6 Å². The summed E-state index contributed by atoms with van der Waals surface area (Å²) in [4.78, 5) is 16.3. The lowest BCUT2D eigenvalue weighted by molar-refractivity contribution is 0.0940. The van der Waals surface area contributed by atoms with Gasteiger partial charge in [-0.25, -0.2) is 14.1 Å². The summed E-state index contributed by atoms with van der Waals surface area (Å²) in [6, 6.07) is 6.42. The SMILES string of the molecule is CCc1nc(C(=O)NCC(C)NC)nn1-c1ccccc1F. The van der Waals surface area contributed by atoms with Crippen LogP contribution in [0.3, 0.4) is 0 Å². The van der Waals surface area contributed by atoms with E-state index in [-0.39, 0.29) is 23.5 Å². The van der Waals surface area contributed by atoms with E-state index in [9.17, 15) is 9.18 Å². The number of carbonyl (C=O) groups is 1. The summed E-state index contributed by atoms with van der Waals surface area (Å²) in [5.74, 6) is -0.190. The number of rotatable bonds is 6. The van der Waals surface area contributed by atoms with Crippen molar-refractivity contribution < 1.29 is 9.18 Å². The highest BCUT2D eigenvalue weighted by molar-refractivity contribution is 5.90. The number of carbonyl (C=O) groups excluding carboxylic acids is 1. The van der Waals surface area contributed by atoms with Crippen LogP contribution in [0.25, 0.3) is 5.69 Å². The van der Waals surface area contributed by atoms with Crippen LogP contribution in [0.4, 0.5) is 4.39 Å². The summed E-state index contributed by atoms with van der Waals surface area (Å²) in [6.45, 7) is 4.29. The third-order valence-electron chi connectivity index (χ3n) is 3.34. The fourth-order valence-corrected chi connectivity index (χ4v) is 1.91. The molecule has 0 saturated heterocycles. The van der Waals surface area contributed by atoms with Gasteiger partial charge in [0.05, 0.1) is 0 Å². The first-order valence-corrected chi connectivity index (χ1v) is 7.23. The molecule has 1 unspecified atom stereocenters. The van der Waals surface area contributed by atoms with Gasteiger partial charge in [0.2, 0.25) is 5.82 Å². The van der Waals surface area contributed by atoms with Crippen molar-refractivity contribution in [3.05, 3.63) is 41.7 Å². The Bertz CT molecular complexity index is 655. The van der Waals surface area contributed by atoms with Crippen LogP contribution in [-0.4, -0.2) is 40.3 Å². The number of halogens is 1. The van der Waals surface area contributed by atoms with Gasteiger partial charge >= 0.3 is 0 Å². The topological polar surface area (TPSA) is 71.8 Å². The molecule has 6 nitrogen and oxygen atoms in total. The first-order valence-electron chi connectivity index (χ1n) is 7.23. The van der Waals surface area contributed by atoms with Crippen LogP contribution in [-0.2, 0) is 6.42 Å². The average Bonchev–Trinajstić information content (AvgIpc) is 2.96. The van der Waals surface area contributed by atoms with Crippen LogP contribution in [0.1, 0.15) is 30.3 Å². The Hall–Kier alpha value is -2.28. The minimum absolute atomic E-state index is 0.0448. The monoisotopic (exact) mass is 305 g/mol. The van der Waals surface area contributed by atoms with E-state index in [1.165, 1.54) is 10.7 Å². The van der Waals surface area contributed by atoms with Crippen LogP contribution < -0.4 is 10.6 Å². The Kier molecular flexibility index (Phi) is 5.21. The highest BCUT2D eigenvalue weighted by Crippen LogP contribution is 2.14. The molecule has 118 valence electrons. The standard InChI is InChI=1S/C15H20FN5O/c1-4-13-19-14(15(22)18-9-10(2)17-3)20-21(13)12-8-6-5-7-11(12)16/h5-8,10,17H,4,9H2,1-3H3,(H,18,22). The molecular weight excluding hydrogens is 285 g/mol. The first-order chi connectivity index (χ1) is 10.6. The molecule has 0 aliphatic heterocycles. The average molecular weight is 305 g/mol. The van der Waals surface area contributed by atoms with Gasteiger partial charge in [-0.15, -0.1) is 5.10 Å². The number of hydrogen-bond donors (Lipinski definition) is 2. The molecule has 2 aromatic rings. The van der Waals surface area contributed by atoms with Gasteiger partial charge in [0.25, 0.3) is 5.91 Å². The molecule has 1 heterocycles. The van der Waals surface area contributed by atoms with E-state index in [0.29, 0.717) is 18.8 Å². The summed E-state index contributed by atoms with van der Waals surface area (Å²) in [7, 11) is 1.82. The molecule has 7 heteroatoms. The maximum atomic E-state index is 13.9. The van der Waals surface area contributed by atoms with E-state index in [1.807, 2.05) is 20.9 Å². The number of aromatic nitrogens is 3. The number of amides is 1. The molecule has 22 heavy (non-hydrogen) atoms. The maximum Gasteiger partial charge on any atom is 0.291 e. The number of benzene rings is 1. The molecule has 0 aliphatic rings. The molecule has 0 radical (unpaired) electrons. The van der Waals surface area contributed by atoms with Gasteiger partial charge in [0, 0.05) is 19.0 Å². The van der Waals surface area contributed by atoms with Crippen molar-refractivity contribution in [2.75, 3.05) is 13.6 Å². The fourth-order valence-electron chi connectivity index (χ4n) is 1.91. The molecule has 1 aromatic carbocycles. The Morgan fingerprint density at radius 2 is 2.14 bits per heavy atom. The number of nitrogens with zero attached hydrogens (tertiary/aromatic N) is 3. The molecule has 1 atom stereocenters. The van der Waals surface area contributed by atoms with E-state index in [2.05, 4.69) is 20.7 Å². The molecule has 0 saturated carbocycles. The van der Waals surface area contributed by atoms with Gasteiger partial charge in [0.15, 0.2) is 0 Å². The van der Waals surface area contributed by atoms with Crippen molar-refractivity contribution in [2.45, 2.75) is 26.3 Å². The minimum Gasteiger partial charge on any atom is -0.348 e. The molecule has 1 aromatic heterocycles. The third kappa shape index (κ3) is 3.48. The quantitative estimate of drug-likeness (QED) is 0.844. The van der Waals surface area contributed by atoms with Crippen molar-refractivity contribution in [1.82, 2.24) is 25.4 Å². The first kappa shape index (κ1) is 16.1. The lowest BCUT2D eigenvalue weighted by Crippen LogP contribution is -2.37. The Labute approximate surface area is 128 Å². The van der Waals surface area contributed by atoms with Gasteiger partial charge in [-0.2, -0.15) is 0 Å². The fraction of sp³-hybridized carbons (Fsp3) is 0.400. The van der Waals surface area contributed by atoms with Crippen LogP contribution in [0, 0.1) is 5.82 Å². The number of likely N-dealkylation sites (N-methyl/N-ethyl adjacent to an activating group) is 1. The Morgan fingerprint density at radius 1 is 1.41 bits per heavy atom. The zero-order chi connectivity index (χ0) is 16.1. The van der Waals surface area contributed by atoms with Crippen LogP contribution in [0.5, 0.6) is 0 Å². The van der Waals surface area contributed by atoms with E-state index in [0.717, 1.165) is 0 Å². The van der Waals surface area contributed by atoms with Gasteiger partial charge in [-0.3, -0.25) is 4.79 Å². The maximum absolute atomic E-state index is 13.9. The van der Waals surface area contributed by atoms with E-state index < -0.39 is 5.82 Å². The number of para-hydroxylation sites is 1. The lowest BCUT2D eigenvalue weighted by Gasteiger charge is -2.09. The number of nitrogens with one attached hydrogen (secondary N) is 2. The van der Waals surface area contributed by atoms with E-state index in [1.54, 1.807) is 18.2 Å². The van der Waals surface area contributed by atoms with Crippen molar-refractivity contribution >= 4 is 5.91 Å². The lowest BCUT2D eigenvalue weighted by atomic mass is 10.3. The molecule has 0 fully saturated rings. The Morgan fingerprint density at radius 3 is 2.77 bits per heavy atom. The molecule has 0 bridgehead atoms. The summed E-state index contributed by atoms with van der Waals surface area (Å²) < 4.78 is 15.3. The van der Waals surface area contributed by atoms with Crippen molar-refractivity contribution in [3.63, 3.8) is 0 Å². The van der Waals surface area contributed by atoms with Gasteiger partial charge in [-0.1, -0.05) is 19.1 Å². The minimum atomic E-state index is -0.405. The van der Waals surface area contributed by atoms with Gasteiger partial charge in [0.1, 0.15) is 17.3 Å². The molecule has 0 aliphatic carbocycles. The second-order valence-electron chi connectivity index (χ2n) is 4.97. The molecule has 2 rings (SSSR count). The second kappa shape index (κ2) is 7.13. The zero-order valence-electron chi connectivity index (χ0n) is 12.9. The van der Waals surface area contributed by atoms with Crippen molar-refractivity contribution in [1.29, 1.82) is 0 Å². The summed E-state index contributed by atoms with van der Waals surface area (Å²) >= 11 is 0. The summed E-state index contributed by atoms with van der Waals surface area (Å²) in [5, 5.41) is 9.92. The smallest absolute Gasteiger partial charge is 0.291 e. The predicted octanol–water partition coefficient (Wildman–Crippen LogP) is 1.31. The third-order valence-corrected chi connectivity index (χ3v) is 3.34. The largest absolute Gasteiger partial charge is 0.348 e. The molecular formula is C15H20FN5O. The Balaban J connectivity index is 2.26. The second-order valence-corrected chi connectivity index (χ2v) is 4.97. The zero-order valence-corrected chi connectivity index (χ0v) is 12.9. The van der Waals surface area contributed by atoms with Crippen molar-refractivity contribution in [3.8, 4) is 5.69 Å². The molecule has 2 N–H and O–H groups in total. The van der Waals surface area contributed by atoms with Gasteiger partial charge in [-0.05, 0) is 26.1 Å². The highest BCUT2D eigenvalue weighted by atomic mass is 19.1. The van der Waals surface area contributed by atoms with Crippen molar-refractivity contribution in [2.24, 2.45) is 0 Å². The van der Waals surface area contributed by atoms with E-state index >= 15 is 0 Å². The number of hydrogen-bond acceptors (Lipinski definition) is 4. The van der Waals surface area contributed by atoms with Crippen LogP contribution in [0.2, 0.25) is 0 Å². The summed E-state index contributed by atoms with van der Waals surface area (Å²) in [6.07, 6.45) is 0.543. The van der Waals surface area contributed by atoms with E-state index in [4.69, 9.17) is 0 Å². The molecule has 0 spiro atoms. The summed E-state index contributed by atoms with van der Waals surface area (Å²) in [5.41, 5.74) is 0.287. The molecule has 1 amide bonds.